The second-order valence-electron chi connectivity index (χ2n) is 2.49. The lowest BCUT2D eigenvalue weighted by Crippen LogP contribution is -2.21. The van der Waals surface area contributed by atoms with E-state index in [1.54, 1.807) is 0 Å². The molecule has 1 heterocycles. The van der Waals surface area contributed by atoms with Gasteiger partial charge in [-0.3, -0.25) is 0 Å². The SMILES string of the molecule is CCN(CC)c1sc(N)nc1C#N. The van der Waals surface area contributed by atoms with E-state index in [4.69, 9.17) is 11.0 Å². The molecule has 1 aromatic heterocycles. The summed E-state index contributed by atoms with van der Waals surface area (Å²) in [6.45, 7) is 5.82. The molecule has 0 unspecified atom stereocenters. The smallest absolute Gasteiger partial charge is 0.183 e. The van der Waals surface area contributed by atoms with Crippen LogP contribution in [-0.4, -0.2) is 18.1 Å². The second-order valence-corrected chi connectivity index (χ2v) is 3.50. The lowest BCUT2D eigenvalue weighted by Gasteiger charge is -2.17. The zero-order chi connectivity index (χ0) is 9.84. The number of nitrogens with zero attached hydrogens (tertiary/aromatic N) is 3. The number of nitriles is 1. The van der Waals surface area contributed by atoms with E-state index in [2.05, 4.69) is 9.88 Å². The molecular weight excluding hydrogens is 184 g/mol. The van der Waals surface area contributed by atoms with Crippen molar-refractivity contribution in [1.82, 2.24) is 4.98 Å². The third-order valence-electron chi connectivity index (χ3n) is 1.78. The van der Waals surface area contributed by atoms with Gasteiger partial charge in [-0.15, -0.1) is 0 Å². The highest BCUT2D eigenvalue weighted by atomic mass is 32.1. The van der Waals surface area contributed by atoms with E-state index >= 15 is 0 Å². The van der Waals surface area contributed by atoms with Crippen LogP contribution >= 0.6 is 11.3 Å². The van der Waals surface area contributed by atoms with Crippen molar-refractivity contribution in [2.75, 3.05) is 23.7 Å². The molecule has 70 valence electrons. The molecule has 5 heteroatoms. The molecule has 0 bridgehead atoms. The molecule has 0 aliphatic carbocycles. The van der Waals surface area contributed by atoms with Gasteiger partial charge < -0.3 is 10.6 Å². The van der Waals surface area contributed by atoms with Crippen LogP contribution in [-0.2, 0) is 0 Å². The number of aromatic nitrogens is 1. The lowest BCUT2D eigenvalue weighted by molar-refractivity contribution is 0.872. The van der Waals surface area contributed by atoms with Crippen LogP contribution in [0.3, 0.4) is 0 Å². The number of nitrogen functional groups attached to an aromatic ring is 1. The molecule has 0 radical (unpaired) electrons. The van der Waals surface area contributed by atoms with Crippen molar-refractivity contribution in [3.05, 3.63) is 5.69 Å². The van der Waals surface area contributed by atoms with Gasteiger partial charge in [-0.25, -0.2) is 4.98 Å². The summed E-state index contributed by atoms with van der Waals surface area (Å²) in [5.41, 5.74) is 5.97. The van der Waals surface area contributed by atoms with Crippen LogP contribution in [0.5, 0.6) is 0 Å². The Morgan fingerprint density at radius 1 is 1.54 bits per heavy atom. The van der Waals surface area contributed by atoms with Gasteiger partial charge in [-0.1, -0.05) is 11.3 Å². The quantitative estimate of drug-likeness (QED) is 0.794. The molecular formula is C8H12N4S. The van der Waals surface area contributed by atoms with Crippen LogP contribution in [0.2, 0.25) is 0 Å². The van der Waals surface area contributed by atoms with Gasteiger partial charge in [0.1, 0.15) is 11.1 Å². The number of thiazole rings is 1. The summed E-state index contributed by atoms with van der Waals surface area (Å²) in [7, 11) is 0. The summed E-state index contributed by atoms with van der Waals surface area (Å²) >= 11 is 1.37. The molecule has 0 atom stereocenters. The Morgan fingerprint density at radius 3 is 2.62 bits per heavy atom. The Kier molecular flexibility index (Phi) is 3.09. The highest BCUT2D eigenvalue weighted by Crippen LogP contribution is 2.29. The minimum absolute atomic E-state index is 0.436. The lowest BCUT2D eigenvalue weighted by atomic mass is 10.4. The average Bonchev–Trinajstić information content (AvgIpc) is 2.49. The molecule has 1 aromatic rings. The number of anilines is 2. The number of rotatable bonds is 3. The van der Waals surface area contributed by atoms with Crippen LogP contribution in [0.25, 0.3) is 0 Å². The topological polar surface area (TPSA) is 65.9 Å². The predicted octanol–water partition coefficient (Wildman–Crippen LogP) is 1.44. The standard InChI is InChI=1S/C8H12N4S/c1-3-12(4-2)7-6(5-9)11-8(10)13-7/h3-4H2,1-2H3,(H2,10,11). The molecule has 0 spiro atoms. The normalized spacial score (nSPS) is 9.62. The number of hydrogen-bond acceptors (Lipinski definition) is 5. The zero-order valence-electron chi connectivity index (χ0n) is 7.74. The van der Waals surface area contributed by atoms with Crippen molar-refractivity contribution in [2.45, 2.75) is 13.8 Å². The molecule has 13 heavy (non-hydrogen) atoms. The highest BCUT2D eigenvalue weighted by molar-refractivity contribution is 7.19. The van der Waals surface area contributed by atoms with Gasteiger partial charge in [0.15, 0.2) is 10.8 Å². The third-order valence-corrected chi connectivity index (χ3v) is 2.73. The van der Waals surface area contributed by atoms with E-state index < -0.39 is 0 Å². The fourth-order valence-corrected chi connectivity index (χ4v) is 2.04. The van der Waals surface area contributed by atoms with Gasteiger partial charge in [0.2, 0.25) is 0 Å². The first-order chi connectivity index (χ1) is 6.22. The van der Waals surface area contributed by atoms with Gasteiger partial charge in [0.25, 0.3) is 0 Å². The fraction of sp³-hybridized carbons (Fsp3) is 0.500. The van der Waals surface area contributed by atoms with Crippen LogP contribution in [0.1, 0.15) is 19.5 Å². The Balaban J connectivity index is 3.05. The predicted molar refractivity (Wildman–Crippen MR) is 54.8 cm³/mol. The Hall–Kier alpha value is -1.28. The van der Waals surface area contributed by atoms with E-state index in [9.17, 15) is 0 Å². The van der Waals surface area contributed by atoms with E-state index in [-0.39, 0.29) is 0 Å². The molecule has 0 aromatic carbocycles. The van der Waals surface area contributed by atoms with Crippen molar-refractivity contribution >= 4 is 21.5 Å². The van der Waals surface area contributed by atoms with Gasteiger partial charge in [-0.2, -0.15) is 5.26 Å². The summed E-state index contributed by atoms with van der Waals surface area (Å²) in [5.74, 6) is 0. The largest absolute Gasteiger partial charge is 0.375 e. The molecule has 1 rings (SSSR count). The molecule has 0 fully saturated rings. The first-order valence-corrected chi connectivity index (χ1v) is 4.95. The molecule has 0 aliphatic heterocycles. The van der Waals surface area contributed by atoms with Crippen LogP contribution in [0.4, 0.5) is 10.1 Å². The third kappa shape index (κ3) is 1.90. The molecule has 2 N–H and O–H groups in total. The Labute approximate surface area is 81.6 Å². The van der Waals surface area contributed by atoms with Crippen molar-refractivity contribution in [2.24, 2.45) is 0 Å². The summed E-state index contributed by atoms with van der Waals surface area (Å²) < 4.78 is 0. The highest BCUT2D eigenvalue weighted by Gasteiger charge is 2.13. The molecule has 0 aliphatic rings. The van der Waals surface area contributed by atoms with E-state index in [0.717, 1.165) is 18.1 Å². The molecule has 4 nitrogen and oxygen atoms in total. The van der Waals surface area contributed by atoms with Crippen LogP contribution in [0.15, 0.2) is 0 Å². The van der Waals surface area contributed by atoms with E-state index in [1.165, 1.54) is 11.3 Å². The average molecular weight is 196 g/mol. The fourth-order valence-electron chi connectivity index (χ4n) is 1.13. The summed E-state index contributed by atoms with van der Waals surface area (Å²) in [6, 6.07) is 2.04. The number of hydrogen-bond donors (Lipinski definition) is 1. The maximum Gasteiger partial charge on any atom is 0.183 e. The summed E-state index contributed by atoms with van der Waals surface area (Å²) in [5, 5.41) is 10.1. The zero-order valence-corrected chi connectivity index (χ0v) is 8.56. The minimum atomic E-state index is 0.436. The maximum atomic E-state index is 8.78. The van der Waals surface area contributed by atoms with Gasteiger partial charge in [0, 0.05) is 13.1 Å². The van der Waals surface area contributed by atoms with Crippen molar-refractivity contribution < 1.29 is 0 Å². The van der Waals surface area contributed by atoms with Gasteiger partial charge >= 0.3 is 0 Å². The van der Waals surface area contributed by atoms with Gasteiger partial charge in [0.05, 0.1) is 0 Å². The molecule has 0 saturated carbocycles. The number of nitrogens with two attached hydrogens (primary N) is 1. The second kappa shape index (κ2) is 4.10. The maximum absolute atomic E-state index is 8.78. The van der Waals surface area contributed by atoms with Crippen molar-refractivity contribution in [3.63, 3.8) is 0 Å². The van der Waals surface area contributed by atoms with E-state index in [1.807, 2.05) is 19.9 Å². The van der Waals surface area contributed by atoms with Crippen molar-refractivity contribution in [1.29, 1.82) is 5.26 Å². The van der Waals surface area contributed by atoms with Crippen LogP contribution in [0, 0.1) is 11.3 Å². The molecule has 0 saturated heterocycles. The Bertz CT molecular complexity index is 321. The first kappa shape index (κ1) is 9.81. The summed E-state index contributed by atoms with van der Waals surface area (Å²) in [4.78, 5) is 6.02. The summed E-state index contributed by atoms with van der Waals surface area (Å²) in [6.07, 6.45) is 0. The minimum Gasteiger partial charge on any atom is -0.375 e. The Morgan fingerprint density at radius 2 is 2.15 bits per heavy atom. The van der Waals surface area contributed by atoms with Crippen LogP contribution < -0.4 is 10.6 Å². The van der Waals surface area contributed by atoms with Gasteiger partial charge in [-0.05, 0) is 13.8 Å². The first-order valence-electron chi connectivity index (χ1n) is 4.14. The monoisotopic (exact) mass is 196 g/mol. The molecule has 0 amide bonds. The van der Waals surface area contributed by atoms with E-state index in [0.29, 0.717) is 10.8 Å². The van der Waals surface area contributed by atoms with Crippen molar-refractivity contribution in [3.8, 4) is 6.07 Å².